The first-order valence-electron chi connectivity index (χ1n) is 7.07. The van der Waals surface area contributed by atoms with Crippen molar-refractivity contribution in [2.45, 2.75) is 45.9 Å². The van der Waals surface area contributed by atoms with E-state index in [9.17, 15) is 5.11 Å². The summed E-state index contributed by atoms with van der Waals surface area (Å²) >= 11 is 3.47. The highest BCUT2D eigenvalue weighted by molar-refractivity contribution is 9.10. The third kappa shape index (κ3) is 3.66. The number of aliphatic hydroxyl groups is 1. The van der Waals surface area contributed by atoms with Gasteiger partial charge in [0.05, 0.1) is 22.5 Å². The minimum Gasteiger partial charge on any atom is -0.491 e. The molecule has 0 amide bonds. The van der Waals surface area contributed by atoms with E-state index in [-0.39, 0.29) is 12.1 Å². The highest BCUT2D eigenvalue weighted by Crippen LogP contribution is 2.31. The van der Waals surface area contributed by atoms with Gasteiger partial charge in [-0.15, -0.1) is 0 Å². The van der Waals surface area contributed by atoms with Gasteiger partial charge in [0.1, 0.15) is 11.9 Å². The molecule has 1 atom stereocenters. The summed E-state index contributed by atoms with van der Waals surface area (Å²) in [5.74, 6) is 0.758. The highest BCUT2D eigenvalue weighted by atomic mass is 79.9. The Morgan fingerprint density at radius 3 is 2.57 bits per heavy atom. The van der Waals surface area contributed by atoms with E-state index < -0.39 is 6.10 Å². The molecule has 5 heteroatoms. The maximum absolute atomic E-state index is 10.7. The summed E-state index contributed by atoms with van der Waals surface area (Å²) in [6, 6.07) is 7.72. The van der Waals surface area contributed by atoms with Crippen molar-refractivity contribution in [1.82, 2.24) is 9.78 Å². The summed E-state index contributed by atoms with van der Waals surface area (Å²) in [5.41, 5.74) is 1.54. The number of aliphatic hydroxyl groups excluding tert-OH is 1. The van der Waals surface area contributed by atoms with Crippen LogP contribution in [0.3, 0.4) is 0 Å². The minimum absolute atomic E-state index is 0.102. The lowest BCUT2D eigenvalue weighted by molar-refractivity contribution is 0.202. The van der Waals surface area contributed by atoms with Gasteiger partial charge >= 0.3 is 0 Å². The van der Waals surface area contributed by atoms with Crippen LogP contribution in [-0.4, -0.2) is 21.0 Å². The van der Waals surface area contributed by atoms with Crippen molar-refractivity contribution in [3.8, 4) is 5.75 Å². The number of hydrogen-bond acceptors (Lipinski definition) is 3. The molecule has 4 nitrogen and oxygen atoms in total. The molecule has 114 valence electrons. The lowest BCUT2D eigenvalue weighted by Gasteiger charge is -2.18. The number of rotatable bonds is 5. The zero-order valence-corrected chi connectivity index (χ0v) is 14.3. The van der Waals surface area contributed by atoms with Crippen LogP contribution < -0.4 is 4.74 Å². The van der Waals surface area contributed by atoms with E-state index in [1.165, 1.54) is 0 Å². The third-order valence-electron chi connectivity index (χ3n) is 3.08. The highest BCUT2D eigenvalue weighted by Gasteiger charge is 2.21. The fourth-order valence-corrected chi connectivity index (χ4v) is 2.70. The molecule has 0 saturated carbocycles. The summed E-state index contributed by atoms with van der Waals surface area (Å²) in [4.78, 5) is 0. The van der Waals surface area contributed by atoms with E-state index in [0.717, 1.165) is 21.5 Å². The van der Waals surface area contributed by atoms with E-state index in [1.807, 2.05) is 56.6 Å². The van der Waals surface area contributed by atoms with E-state index in [4.69, 9.17) is 4.74 Å². The van der Waals surface area contributed by atoms with Gasteiger partial charge in [-0.3, -0.25) is 4.68 Å². The monoisotopic (exact) mass is 352 g/mol. The second-order valence-electron chi connectivity index (χ2n) is 5.56. The molecule has 1 aromatic heterocycles. The molecule has 2 aromatic rings. The first kappa shape index (κ1) is 16.0. The molecule has 2 rings (SSSR count). The zero-order chi connectivity index (χ0) is 15.6. The maximum Gasteiger partial charge on any atom is 0.122 e. The van der Waals surface area contributed by atoms with Crippen molar-refractivity contribution in [3.05, 3.63) is 46.2 Å². The average molecular weight is 353 g/mol. The summed E-state index contributed by atoms with van der Waals surface area (Å²) in [6.07, 6.45) is 1.07. The summed E-state index contributed by atoms with van der Waals surface area (Å²) in [6.45, 7) is 8.03. The second kappa shape index (κ2) is 6.62. The van der Waals surface area contributed by atoms with Gasteiger partial charge in [-0.2, -0.15) is 5.10 Å². The Labute approximate surface area is 133 Å². The Balaban J connectivity index is 2.36. The predicted octanol–water partition coefficient (Wildman–Crippen LogP) is 4.10. The Hall–Kier alpha value is -1.33. The van der Waals surface area contributed by atoms with E-state index in [1.54, 1.807) is 6.20 Å². The normalized spacial score (nSPS) is 13.0. The molecule has 1 N–H and O–H groups in total. The Bertz CT molecular complexity index is 608. The van der Waals surface area contributed by atoms with Crippen molar-refractivity contribution in [2.24, 2.45) is 0 Å². The minimum atomic E-state index is -0.750. The van der Waals surface area contributed by atoms with Gasteiger partial charge in [-0.05, 0) is 61.3 Å². The van der Waals surface area contributed by atoms with Crippen molar-refractivity contribution in [1.29, 1.82) is 0 Å². The van der Waals surface area contributed by atoms with Crippen molar-refractivity contribution < 1.29 is 9.84 Å². The molecular formula is C16H21BrN2O2. The van der Waals surface area contributed by atoms with Crippen LogP contribution in [0.5, 0.6) is 5.75 Å². The lowest BCUT2D eigenvalue weighted by atomic mass is 10.1. The van der Waals surface area contributed by atoms with Crippen LogP contribution in [0, 0.1) is 0 Å². The van der Waals surface area contributed by atoms with Gasteiger partial charge < -0.3 is 9.84 Å². The van der Waals surface area contributed by atoms with Crippen LogP contribution in [0.4, 0.5) is 0 Å². The summed E-state index contributed by atoms with van der Waals surface area (Å²) in [5, 5.41) is 15.0. The van der Waals surface area contributed by atoms with Crippen molar-refractivity contribution in [3.63, 3.8) is 0 Å². The molecule has 0 fully saturated rings. The Morgan fingerprint density at radius 1 is 1.24 bits per heavy atom. The number of aromatic nitrogens is 2. The molecular weight excluding hydrogens is 332 g/mol. The largest absolute Gasteiger partial charge is 0.491 e. The molecule has 1 heterocycles. The number of benzene rings is 1. The van der Waals surface area contributed by atoms with Crippen molar-refractivity contribution >= 4 is 15.9 Å². The lowest BCUT2D eigenvalue weighted by Crippen LogP contribution is -2.13. The van der Waals surface area contributed by atoms with Gasteiger partial charge in [0, 0.05) is 6.04 Å². The Morgan fingerprint density at radius 2 is 1.95 bits per heavy atom. The van der Waals surface area contributed by atoms with Crippen LogP contribution in [-0.2, 0) is 0 Å². The predicted molar refractivity (Wildman–Crippen MR) is 86.6 cm³/mol. The molecule has 0 bridgehead atoms. The Kier molecular flexibility index (Phi) is 5.06. The van der Waals surface area contributed by atoms with Crippen molar-refractivity contribution in [2.75, 3.05) is 0 Å². The van der Waals surface area contributed by atoms with Crippen LogP contribution in [0.15, 0.2) is 34.9 Å². The van der Waals surface area contributed by atoms with Crippen LogP contribution >= 0.6 is 15.9 Å². The zero-order valence-electron chi connectivity index (χ0n) is 12.7. The standard InChI is InChI=1S/C16H21BrN2O2/c1-10(2)19-15(14(17)9-18-19)16(20)12-6-5-7-13(8-12)21-11(3)4/h5-11,16,20H,1-4H3. The SMILES string of the molecule is CC(C)Oc1cccc(C(O)c2c(Br)cnn2C(C)C)c1. The number of ether oxygens (including phenoxy) is 1. The molecule has 1 aromatic carbocycles. The smallest absolute Gasteiger partial charge is 0.122 e. The van der Waals surface area contributed by atoms with Gasteiger partial charge in [0.25, 0.3) is 0 Å². The number of hydrogen-bond donors (Lipinski definition) is 1. The topological polar surface area (TPSA) is 47.3 Å². The van der Waals surface area contributed by atoms with E-state index in [2.05, 4.69) is 21.0 Å². The first-order valence-corrected chi connectivity index (χ1v) is 7.87. The molecule has 0 aliphatic carbocycles. The van der Waals surface area contributed by atoms with Gasteiger partial charge in [-0.25, -0.2) is 0 Å². The van der Waals surface area contributed by atoms with E-state index in [0.29, 0.717) is 0 Å². The fraction of sp³-hybridized carbons (Fsp3) is 0.438. The molecule has 0 radical (unpaired) electrons. The molecule has 1 unspecified atom stereocenters. The summed E-state index contributed by atoms with van der Waals surface area (Å²) < 4.78 is 8.31. The molecule has 0 saturated heterocycles. The van der Waals surface area contributed by atoms with Gasteiger partial charge in [-0.1, -0.05) is 12.1 Å². The third-order valence-corrected chi connectivity index (χ3v) is 3.69. The maximum atomic E-state index is 10.7. The quantitative estimate of drug-likeness (QED) is 0.881. The molecule has 21 heavy (non-hydrogen) atoms. The van der Waals surface area contributed by atoms with Crippen LogP contribution in [0.25, 0.3) is 0 Å². The summed E-state index contributed by atoms with van der Waals surface area (Å²) in [7, 11) is 0. The molecule has 0 aliphatic heterocycles. The second-order valence-corrected chi connectivity index (χ2v) is 6.41. The number of nitrogens with zero attached hydrogens (tertiary/aromatic N) is 2. The van der Waals surface area contributed by atoms with E-state index >= 15 is 0 Å². The van der Waals surface area contributed by atoms with Crippen LogP contribution in [0.1, 0.15) is 51.1 Å². The fourth-order valence-electron chi connectivity index (χ4n) is 2.21. The van der Waals surface area contributed by atoms with Gasteiger partial charge in [0.15, 0.2) is 0 Å². The molecule has 0 aliphatic rings. The molecule has 0 spiro atoms. The van der Waals surface area contributed by atoms with Gasteiger partial charge in [0.2, 0.25) is 0 Å². The average Bonchev–Trinajstić information content (AvgIpc) is 2.79. The first-order chi connectivity index (χ1) is 9.90. The number of halogens is 1. The van der Waals surface area contributed by atoms with Crippen LogP contribution in [0.2, 0.25) is 0 Å².